The lowest BCUT2D eigenvalue weighted by Crippen LogP contribution is -2.21. The number of rotatable bonds is 5. The Hall–Kier alpha value is -1.88. The highest BCUT2D eigenvalue weighted by molar-refractivity contribution is 5.76. The van der Waals surface area contributed by atoms with E-state index in [-0.39, 0.29) is 6.54 Å². The number of aromatic amines is 1. The molecule has 0 bridgehead atoms. The lowest BCUT2D eigenvalue weighted by molar-refractivity contribution is -0.135. The normalized spacial score (nSPS) is 16.0. The Morgan fingerprint density at radius 3 is 2.95 bits per heavy atom. The van der Waals surface area contributed by atoms with E-state index >= 15 is 0 Å². The largest absolute Gasteiger partial charge is 0.480 e. The molecule has 0 saturated heterocycles. The Balaban J connectivity index is 1.74. The van der Waals surface area contributed by atoms with Crippen LogP contribution in [0.4, 0.5) is 0 Å². The summed E-state index contributed by atoms with van der Waals surface area (Å²) in [5.74, 6) is 0.847. The Bertz CT molecular complexity index is 615. The summed E-state index contributed by atoms with van der Waals surface area (Å²) in [7, 11) is 0. The Morgan fingerprint density at radius 2 is 2.20 bits per heavy atom. The van der Waals surface area contributed by atoms with Crippen molar-refractivity contribution < 1.29 is 9.90 Å². The predicted molar refractivity (Wildman–Crippen MR) is 76.6 cm³/mol. The number of H-pyrrole nitrogens is 1. The van der Waals surface area contributed by atoms with Gasteiger partial charge in [-0.3, -0.25) is 4.79 Å². The van der Waals surface area contributed by atoms with Gasteiger partial charge in [0, 0.05) is 12.5 Å². The van der Waals surface area contributed by atoms with Crippen LogP contribution in [0, 0.1) is 0 Å². The van der Waals surface area contributed by atoms with Gasteiger partial charge in [0.1, 0.15) is 5.82 Å². The van der Waals surface area contributed by atoms with Crippen molar-refractivity contribution in [2.45, 2.75) is 38.1 Å². The van der Waals surface area contributed by atoms with Crippen LogP contribution in [-0.2, 0) is 11.3 Å². The molecule has 0 amide bonds. The van der Waals surface area contributed by atoms with Gasteiger partial charge in [-0.25, -0.2) is 4.98 Å². The Kier molecular flexibility index (Phi) is 3.69. The molecule has 1 aliphatic rings. The molecule has 1 heterocycles. The minimum absolute atomic E-state index is 0.0195. The zero-order valence-corrected chi connectivity index (χ0v) is 11.4. The van der Waals surface area contributed by atoms with Gasteiger partial charge in [-0.15, -0.1) is 0 Å². The number of carboxylic acids is 1. The maximum absolute atomic E-state index is 10.5. The molecule has 0 aliphatic heterocycles. The molecule has 0 radical (unpaired) electrons. The summed E-state index contributed by atoms with van der Waals surface area (Å²) in [6.45, 7) is 0.536. The summed E-state index contributed by atoms with van der Waals surface area (Å²) in [4.78, 5) is 18.6. The first-order valence-corrected chi connectivity index (χ1v) is 7.13. The van der Waals surface area contributed by atoms with Crippen LogP contribution in [-0.4, -0.2) is 27.6 Å². The molecule has 0 atom stereocenters. The molecule has 20 heavy (non-hydrogen) atoms. The van der Waals surface area contributed by atoms with Crippen LogP contribution in [0.1, 0.15) is 43.0 Å². The van der Waals surface area contributed by atoms with Gasteiger partial charge < -0.3 is 15.4 Å². The van der Waals surface area contributed by atoms with E-state index in [2.05, 4.69) is 21.4 Å². The third kappa shape index (κ3) is 2.82. The number of fused-ring (bicyclic) bond motifs is 1. The van der Waals surface area contributed by atoms with Crippen molar-refractivity contribution in [3.63, 3.8) is 0 Å². The number of carbonyl (C=O) groups is 1. The van der Waals surface area contributed by atoms with Gasteiger partial charge in [0.2, 0.25) is 0 Å². The van der Waals surface area contributed by atoms with Crippen molar-refractivity contribution >= 4 is 17.0 Å². The lowest BCUT2D eigenvalue weighted by Gasteiger charge is -2.02. The SMILES string of the molecule is O=C(O)CNCc1ccc2nc(C3CCCC3)[nH]c2c1. The van der Waals surface area contributed by atoms with Crippen molar-refractivity contribution in [2.75, 3.05) is 6.54 Å². The highest BCUT2D eigenvalue weighted by atomic mass is 16.4. The molecule has 1 aliphatic carbocycles. The molecule has 3 N–H and O–H groups in total. The molecule has 1 saturated carbocycles. The summed E-state index contributed by atoms with van der Waals surface area (Å²) in [5, 5.41) is 11.5. The molecular formula is C15H19N3O2. The summed E-state index contributed by atoms with van der Waals surface area (Å²) < 4.78 is 0. The molecular weight excluding hydrogens is 254 g/mol. The van der Waals surface area contributed by atoms with Gasteiger partial charge in [-0.1, -0.05) is 18.9 Å². The number of nitrogens with one attached hydrogen (secondary N) is 2. The molecule has 1 fully saturated rings. The van der Waals surface area contributed by atoms with Crippen molar-refractivity contribution in [2.24, 2.45) is 0 Å². The molecule has 0 unspecified atom stereocenters. The van der Waals surface area contributed by atoms with Gasteiger partial charge in [-0.05, 0) is 30.5 Å². The number of hydrogen-bond acceptors (Lipinski definition) is 3. The quantitative estimate of drug-likeness (QED) is 0.781. The number of benzene rings is 1. The van der Waals surface area contributed by atoms with Crippen LogP contribution < -0.4 is 5.32 Å². The molecule has 3 rings (SSSR count). The smallest absolute Gasteiger partial charge is 0.317 e. The van der Waals surface area contributed by atoms with Crippen molar-refractivity contribution in [3.8, 4) is 0 Å². The van der Waals surface area contributed by atoms with Crippen LogP contribution in [0.2, 0.25) is 0 Å². The van der Waals surface area contributed by atoms with Crippen LogP contribution >= 0.6 is 0 Å². The number of hydrogen-bond donors (Lipinski definition) is 3. The van der Waals surface area contributed by atoms with Gasteiger partial charge >= 0.3 is 5.97 Å². The van der Waals surface area contributed by atoms with Crippen molar-refractivity contribution in [3.05, 3.63) is 29.6 Å². The molecule has 5 nitrogen and oxygen atoms in total. The van der Waals surface area contributed by atoms with E-state index in [0.717, 1.165) is 22.4 Å². The molecule has 0 spiro atoms. The number of imidazole rings is 1. The second kappa shape index (κ2) is 5.63. The average molecular weight is 273 g/mol. The van der Waals surface area contributed by atoms with E-state index in [0.29, 0.717) is 12.5 Å². The van der Waals surface area contributed by atoms with E-state index in [4.69, 9.17) is 5.11 Å². The van der Waals surface area contributed by atoms with E-state index in [9.17, 15) is 4.79 Å². The first-order chi connectivity index (χ1) is 9.72. The number of aliphatic carboxylic acids is 1. The fourth-order valence-corrected chi connectivity index (χ4v) is 2.89. The Labute approximate surface area is 117 Å². The first kappa shape index (κ1) is 13.1. The van der Waals surface area contributed by atoms with E-state index < -0.39 is 5.97 Å². The summed E-state index contributed by atoms with van der Waals surface area (Å²) >= 11 is 0. The highest BCUT2D eigenvalue weighted by Crippen LogP contribution is 2.33. The third-order valence-electron chi connectivity index (χ3n) is 3.91. The summed E-state index contributed by atoms with van der Waals surface area (Å²) in [6.07, 6.45) is 5.05. The number of carboxylic acid groups (broad SMARTS) is 1. The maximum Gasteiger partial charge on any atom is 0.317 e. The fraction of sp³-hybridized carbons (Fsp3) is 0.467. The van der Waals surface area contributed by atoms with Crippen LogP contribution in [0.3, 0.4) is 0 Å². The van der Waals surface area contributed by atoms with Gasteiger partial charge in [0.25, 0.3) is 0 Å². The van der Waals surface area contributed by atoms with Gasteiger partial charge in [0.05, 0.1) is 17.6 Å². The second-order valence-electron chi connectivity index (χ2n) is 5.45. The van der Waals surface area contributed by atoms with Gasteiger partial charge in [0.15, 0.2) is 0 Å². The van der Waals surface area contributed by atoms with Gasteiger partial charge in [-0.2, -0.15) is 0 Å². The zero-order valence-electron chi connectivity index (χ0n) is 11.4. The maximum atomic E-state index is 10.5. The predicted octanol–water partition coefficient (Wildman–Crippen LogP) is 2.39. The first-order valence-electron chi connectivity index (χ1n) is 7.13. The average Bonchev–Trinajstić information content (AvgIpc) is 3.06. The number of nitrogens with zero attached hydrogens (tertiary/aromatic N) is 1. The van der Waals surface area contributed by atoms with E-state index in [1.165, 1.54) is 25.7 Å². The molecule has 5 heteroatoms. The monoisotopic (exact) mass is 273 g/mol. The van der Waals surface area contributed by atoms with E-state index in [1.807, 2.05) is 12.1 Å². The second-order valence-corrected chi connectivity index (χ2v) is 5.45. The molecule has 2 aromatic rings. The summed E-state index contributed by atoms with van der Waals surface area (Å²) in [6, 6.07) is 6.05. The third-order valence-corrected chi connectivity index (χ3v) is 3.91. The Morgan fingerprint density at radius 1 is 1.40 bits per heavy atom. The topological polar surface area (TPSA) is 78.0 Å². The standard InChI is InChI=1S/C15H19N3O2/c19-14(20)9-16-8-10-5-6-12-13(7-10)18-15(17-12)11-3-1-2-4-11/h5-7,11,16H,1-4,8-9H2,(H,17,18)(H,19,20). The molecule has 1 aromatic carbocycles. The van der Waals surface area contributed by atoms with Crippen molar-refractivity contribution in [1.82, 2.24) is 15.3 Å². The van der Waals surface area contributed by atoms with Crippen LogP contribution in [0.15, 0.2) is 18.2 Å². The molecule has 1 aromatic heterocycles. The molecule has 106 valence electrons. The number of aromatic nitrogens is 2. The van der Waals surface area contributed by atoms with Crippen LogP contribution in [0.5, 0.6) is 0 Å². The van der Waals surface area contributed by atoms with Crippen molar-refractivity contribution in [1.29, 1.82) is 0 Å². The minimum atomic E-state index is -0.837. The summed E-state index contributed by atoms with van der Waals surface area (Å²) in [5.41, 5.74) is 3.11. The highest BCUT2D eigenvalue weighted by Gasteiger charge is 2.20. The fourth-order valence-electron chi connectivity index (χ4n) is 2.89. The van der Waals surface area contributed by atoms with E-state index in [1.54, 1.807) is 0 Å². The van der Waals surface area contributed by atoms with Crippen LogP contribution in [0.25, 0.3) is 11.0 Å². The minimum Gasteiger partial charge on any atom is -0.480 e. The lowest BCUT2D eigenvalue weighted by atomic mass is 10.1. The zero-order chi connectivity index (χ0) is 13.9.